The monoisotopic (exact) mass is 389 g/mol. The molecule has 7 heteroatoms. The Hall–Kier alpha value is -3.32. The normalized spacial score (nSPS) is 10.8. The van der Waals surface area contributed by atoms with Crippen LogP contribution in [0, 0.1) is 6.92 Å². The highest BCUT2D eigenvalue weighted by Gasteiger charge is 2.14. The van der Waals surface area contributed by atoms with E-state index in [0.717, 1.165) is 27.4 Å². The van der Waals surface area contributed by atoms with E-state index in [-0.39, 0.29) is 0 Å². The van der Waals surface area contributed by atoms with Gasteiger partial charge in [0, 0.05) is 25.4 Å². The maximum absolute atomic E-state index is 5.81. The summed E-state index contributed by atoms with van der Waals surface area (Å²) in [7, 11) is 3.95. The maximum atomic E-state index is 5.81. The van der Waals surface area contributed by atoms with Gasteiger partial charge in [-0.25, -0.2) is 4.98 Å². The highest BCUT2D eigenvalue weighted by atomic mass is 32.1. The molecule has 6 nitrogen and oxygen atoms in total. The molecule has 0 spiro atoms. The van der Waals surface area contributed by atoms with Gasteiger partial charge in [-0.1, -0.05) is 30.8 Å². The van der Waals surface area contributed by atoms with Crippen LogP contribution in [0.25, 0.3) is 39.3 Å². The highest BCUT2D eigenvalue weighted by Crippen LogP contribution is 2.29. The lowest BCUT2D eigenvalue weighted by Gasteiger charge is -2.15. The molecule has 0 fully saturated rings. The Bertz CT molecular complexity index is 1130. The van der Waals surface area contributed by atoms with E-state index < -0.39 is 0 Å². The van der Waals surface area contributed by atoms with Crippen LogP contribution in [0.2, 0.25) is 0 Å². The van der Waals surface area contributed by atoms with Gasteiger partial charge in [-0.15, -0.1) is 21.5 Å². The summed E-state index contributed by atoms with van der Waals surface area (Å²) >= 11 is 1.57. The zero-order valence-electron chi connectivity index (χ0n) is 15.9. The second-order valence-corrected chi connectivity index (χ2v) is 7.52. The van der Waals surface area contributed by atoms with Crippen molar-refractivity contribution in [2.24, 2.45) is 0 Å². The largest absolute Gasteiger partial charge is 0.414 e. The number of hydrogen-bond donors (Lipinski definition) is 0. The molecule has 3 aromatic heterocycles. The van der Waals surface area contributed by atoms with E-state index in [1.807, 2.05) is 61.6 Å². The topological polar surface area (TPSA) is 67.9 Å². The summed E-state index contributed by atoms with van der Waals surface area (Å²) in [5, 5.41) is 10.3. The Labute approximate surface area is 167 Å². The van der Waals surface area contributed by atoms with Crippen molar-refractivity contribution in [2.75, 3.05) is 14.1 Å². The van der Waals surface area contributed by atoms with Crippen LogP contribution in [0.3, 0.4) is 0 Å². The molecule has 28 heavy (non-hydrogen) atoms. The van der Waals surface area contributed by atoms with Crippen molar-refractivity contribution in [3.8, 4) is 33.6 Å². The van der Waals surface area contributed by atoms with Crippen LogP contribution in [0.15, 0.2) is 59.1 Å². The molecule has 4 aromatic rings. The summed E-state index contributed by atoms with van der Waals surface area (Å²) in [6.07, 6.45) is 3.35. The first kappa shape index (κ1) is 18.1. The van der Waals surface area contributed by atoms with E-state index in [1.54, 1.807) is 23.7 Å². The molecule has 0 atom stereocenters. The third kappa shape index (κ3) is 3.57. The van der Waals surface area contributed by atoms with Gasteiger partial charge >= 0.3 is 0 Å². The average Bonchev–Trinajstić information content (AvgIpc) is 3.37. The van der Waals surface area contributed by atoms with Crippen LogP contribution >= 0.6 is 11.3 Å². The molecule has 0 unspecified atom stereocenters. The maximum Gasteiger partial charge on any atom is 0.268 e. The highest BCUT2D eigenvalue weighted by molar-refractivity contribution is 7.13. The van der Waals surface area contributed by atoms with E-state index in [1.165, 1.54) is 5.56 Å². The van der Waals surface area contributed by atoms with E-state index in [2.05, 4.69) is 26.7 Å². The third-order valence-electron chi connectivity index (χ3n) is 4.27. The van der Waals surface area contributed by atoms with Gasteiger partial charge in [-0.05, 0) is 29.5 Å². The molecule has 0 N–H and O–H groups in total. The minimum absolute atomic E-state index is 0.355. The molecular formula is C21H19N5OS. The van der Waals surface area contributed by atoms with Gasteiger partial charge in [0.25, 0.3) is 11.8 Å². The molecule has 0 saturated carbocycles. The molecule has 0 amide bonds. The van der Waals surface area contributed by atoms with Crippen molar-refractivity contribution in [3.63, 3.8) is 0 Å². The van der Waals surface area contributed by atoms with Gasteiger partial charge in [-0.3, -0.25) is 4.98 Å². The fraction of sp³-hybridized carbons (Fsp3) is 0.143. The summed E-state index contributed by atoms with van der Waals surface area (Å²) in [6, 6.07) is 10.1. The second-order valence-electron chi connectivity index (χ2n) is 6.61. The van der Waals surface area contributed by atoms with Gasteiger partial charge in [0.05, 0.1) is 23.0 Å². The number of nitrogens with zero attached hydrogens (tertiary/aromatic N) is 5. The number of rotatable bonds is 5. The van der Waals surface area contributed by atoms with Crippen molar-refractivity contribution in [2.45, 2.75) is 6.92 Å². The molecule has 140 valence electrons. The van der Waals surface area contributed by atoms with Gasteiger partial charge < -0.3 is 9.32 Å². The summed E-state index contributed by atoms with van der Waals surface area (Å²) in [4.78, 5) is 11.9. The quantitative estimate of drug-likeness (QED) is 0.490. The van der Waals surface area contributed by atoms with Crippen molar-refractivity contribution in [1.29, 1.82) is 0 Å². The molecular weight excluding hydrogens is 370 g/mol. The summed E-state index contributed by atoms with van der Waals surface area (Å²) in [5.74, 6) is 0.847. The smallest absolute Gasteiger partial charge is 0.268 e. The lowest BCUT2D eigenvalue weighted by molar-refractivity contribution is 0.583. The second kappa shape index (κ2) is 7.36. The van der Waals surface area contributed by atoms with Crippen LogP contribution < -0.4 is 0 Å². The number of benzene rings is 1. The Morgan fingerprint density at radius 2 is 1.75 bits per heavy atom. The van der Waals surface area contributed by atoms with Gasteiger partial charge in [0.15, 0.2) is 0 Å². The standard InChI is InChI=1S/C21H19N5OS/c1-13-9-19(28-12-13)21-25-24-20(27-21)18-11-22-10-17(23-18)16-7-5-15(6-8-16)14(2)26(3)4/h5-12H,2H2,1,3-4H3. The van der Waals surface area contributed by atoms with Crippen LogP contribution in [0.1, 0.15) is 11.1 Å². The molecule has 0 radical (unpaired) electrons. The minimum atomic E-state index is 0.355. The molecule has 1 aromatic carbocycles. The number of thiophene rings is 1. The zero-order valence-corrected chi connectivity index (χ0v) is 16.7. The Kier molecular flexibility index (Phi) is 4.75. The first-order chi connectivity index (χ1) is 13.5. The van der Waals surface area contributed by atoms with Crippen molar-refractivity contribution in [3.05, 3.63) is 65.8 Å². The number of aryl methyl sites for hydroxylation is 1. The molecule has 3 heterocycles. The van der Waals surface area contributed by atoms with E-state index in [4.69, 9.17) is 4.42 Å². The first-order valence-electron chi connectivity index (χ1n) is 8.70. The molecule has 0 aliphatic heterocycles. The summed E-state index contributed by atoms with van der Waals surface area (Å²) < 4.78 is 5.81. The molecule has 0 saturated heterocycles. The Morgan fingerprint density at radius 3 is 2.43 bits per heavy atom. The third-order valence-corrected chi connectivity index (χ3v) is 5.31. The van der Waals surface area contributed by atoms with E-state index in [0.29, 0.717) is 17.5 Å². The molecule has 4 rings (SSSR count). The minimum Gasteiger partial charge on any atom is -0.414 e. The molecule has 0 aliphatic carbocycles. The lowest BCUT2D eigenvalue weighted by atomic mass is 10.1. The van der Waals surface area contributed by atoms with Crippen LogP contribution in [0.4, 0.5) is 0 Å². The van der Waals surface area contributed by atoms with Crippen LogP contribution in [0.5, 0.6) is 0 Å². The fourth-order valence-corrected chi connectivity index (χ4v) is 3.49. The van der Waals surface area contributed by atoms with E-state index in [9.17, 15) is 0 Å². The van der Waals surface area contributed by atoms with Crippen molar-refractivity contribution < 1.29 is 4.42 Å². The predicted octanol–water partition coefficient (Wildman–Crippen LogP) is 4.76. The predicted molar refractivity (Wildman–Crippen MR) is 112 cm³/mol. The van der Waals surface area contributed by atoms with Gasteiger partial charge in [0.2, 0.25) is 0 Å². The molecule has 0 aliphatic rings. The number of aromatic nitrogens is 4. The number of hydrogen-bond acceptors (Lipinski definition) is 7. The van der Waals surface area contributed by atoms with Gasteiger partial charge in [0.1, 0.15) is 5.69 Å². The lowest BCUT2D eigenvalue weighted by Crippen LogP contribution is -2.08. The van der Waals surface area contributed by atoms with Gasteiger partial charge in [-0.2, -0.15) is 0 Å². The summed E-state index contributed by atoms with van der Waals surface area (Å²) in [5.41, 5.74) is 5.43. The Morgan fingerprint density at radius 1 is 1.04 bits per heavy atom. The summed E-state index contributed by atoms with van der Waals surface area (Å²) in [6.45, 7) is 6.11. The van der Waals surface area contributed by atoms with Crippen LogP contribution in [-0.2, 0) is 0 Å². The zero-order chi connectivity index (χ0) is 19.7. The average molecular weight is 389 g/mol. The first-order valence-corrected chi connectivity index (χ1v) is 9.57. The van der Waals surface area contributed by atoms with Crippen LogP contribution in [-0.4, -0.2) is 39.2 Å². The van der Waals surface area contributed by atoms with Crippen molar-refractivity contribution in [1.82, 2.24) is 25.1 Å². The van der Waals surface area contributed by atoms with Crippen molar-refractivity contribution >= 4 is 17.0 Å². The fourth-order valence-electron chi connectivity index (χ4n) is 2.67. The Balaban J connectivity index is 1.62. The van der Waals surface area contributed by atoms with E-state index >= 15 is 0 Å². The SMILES string of the molecule is C=C(c1ccc(-c2cncc(-c3nnc(-c4cc(C)cs4)o3)n2)cc1)N(C)C. The molecule has 0 bridgehead atoms.